The Morgan fingerprint density at radius 1 is 1.00 bits per heavy atom. The number of amides is 1. The van der Waals surface area contributed by atoms with Gasteiger partial charge in [0, 0.05) is 23.6 Å². The smallest absolute Gasteiger partial charge is 0.300 e. The number of benzene rings is 2. The molecule has 0 N–H and O–H groups in total. The Balaban J connectivity index is 0.00000226. The van der Waals surface area contributed by atoms with E-state index >= 15 is 0 Å². The van der Waals surface area contributed by atoms with Gasteiger partial charge in [-0.2, -0.15) is 0 Å². The van der Waals surface area contributed by atoms with Gasteiger partial charge in [0.25, 0.3) is 11.9 Å². The molecule has 1 atom stereocenters. The summed E-state index contributed by atoms with van der Waals surface area (Å²) in [6.07, 6.45) is 22.6. The number of anilines is 2. The average molecular weight is 550 g/mol. The van der Waals surface area contributed by atoms with Gasteiger partial charge in [-0.25, -0.2) is 4.99 Å². The number of carbonyl (C=O) groups excluding carboxylic acids is 1. The van der Waals surface area contributed by atoms with E-state index in [9.17, 15) is 4.79 Å². The van der Waals surface area contributed by atoms with Crippen molar-refractivity contribution in [2.45, 2.75) is 47.5 Å². The minimum Gasteiger partial charge on any atom is -0.420 e. The van der Waals surface area contributed by atoms with Gasteiger partial charge >= 0.3 is 0 Å². The highest BCUT2D eigenvalue weighted by molar-refractivity contribution is 6.11. The third-order valence-electron chi connectivity index (χ3n) is 6.34. The zero-order valence-corrected chi connectivity index (χ0v) is 25.0. The van der Waals surface area contributed by atoms with Crippen LogP contribution in [0.5, 0.6) is 0 Å². The molecule has 1 aliphatic heterocycles. The molecular formula is C36H43N3O2. The number of allylic oxidation sites excluding steroid dienone is 8. The van der Waals surface area contributed by atoms with Gasteiger partial charge in [0.15, 0.2) is 5.76 Å². The molecule has 0 aromatic heterocycles. The van der Waals surface area contributed by atoms with Gasteiger partial charge in [-0.05, 0) is 67.7 Å². The molecule has 1 aliphatic carbocycles. The Morgan fingerprint density at radius 3 is 2.44 bits per heavy atom. The fourth-order valence-corrected chi connectivity index (χ4v) is 4.29. The second kappa shape index (κ2) is 16.7. The topological polar surface area (TPSA) is 45.1 Å². The third-order valence-corrected chi connectivity index (χ3v) is 6.34. The van der Waals surface area contributed by atoms with Crippen LogP contribution in [-0.2, 0) is 9.53 Å². The number of para-hydroxylation sites is 1. The quantitative estimate of drug-likeness (QED) is 0.219. The van der Waals surface area contributed by atoms with Crippen molar-refractivity contribution in [1.29, 1.82) is 0 Å². The summed E-state index contributed by atoms with van der Waals surface area (Å²) in [5, 5.41) is 0. The monoisotopic (exact) mass is 549 g/mol. The normalized spacial score (nSPS) is 17.5. The first-order valence-corrected chi connectivity index (χ1v) is 14.7. The van der Waals surface area contributed by atoms with Crippen molar-refractivity contribution < 1.29 is 9.53 Å². The number of carbonyl (C=O) groups is 1. The zero-order chi connectivity index (χ0) is 29.5. The molecule has 0 radical (unpaired) electrons. The van der Waals surface area contributed by atoms with Crippen molar-refractivity contribution in [3.8, 4) is 0 Å². The summed E-state index contributed by atoms with van der Waals surface area (Å²) >= 11 is 0. The van der Waals surface area contributed by atoms with Crippen LogP contribution in [0.1, 0.15) is 53.0 Å². The van der Waals surface area contributed by atoms with E-state index in [1.165, 1.54) is 0 Å². The molecule has 4 rings (SSSR count). The molecule has 0 bridgehead atoms. The largest absolute Gasteiger partial charge is 0.420 e. The van der Waals surface area contributed by atoms with Crippen LogP contribution >= 0.6 is 0 Å². The lowest BCUT2D eigenvalue weighted by Gasteiger charge is -2.26. The molecule has 0 spiro atoms. The predicted molar refractivity (Wildman–Crippen MR) is 174 cm³/mol. The molecule has 1 amide bonds. The van der Waals surface area contributed by atoms with Crippen LogP contribution in [0.2, 0.25) is 0 Å². The second-order valence-corrected chi connectivity index (χ2v) is 9.40. The molecule has 5 nitrogen and oxygen atoms in total. The molecule has 1 unspecified atom stereocenters. The molecule has 2 aromatic carbocycles. The van der Waals surface area contributed by atoms with E-state index in [2.05, 4.69) is 90.5 Å². The molecule has 1 fully saturated rings. The summed E-state index contributed by atoms with van der Waals surface area (Å²) in [5.74, 6) is 0.359. The third kappa shape index (κ3) is 8.81. The number of rotatable bonds is 10. The fourth-order valence-electron chi connectivity index (χ4n) is 4.29. The number of ether oxygens (including phenoxy) is 1. The highest BCUT2D eigenvalue weighted by Gasteiger charge is 2.33. The van der Waals surface area contributed by atoms with Crippen molar-refractivity contribution in [2.24, 2.45) is 10.9 Å². The van der Waals surface area contributed by atoms with E-state index in [1.54, 1.807) is 11.0 Å². The highest BCUT2D eigenvalue weighted by atomic mass is 16.5. The van der Waals surface area contributed by atoms with Gasteiger partial charge in [-0.3, -0.25) is 9.69 Å². The minimum absolute atomic E-state index is 0.165. The maximum Gasteiger partial charge on any atom is 0.300 e. The van der Waals surface area contributed by atoms with E-state index in [0.717, 1.165) is 35.5 Å². The van der Waals surface area contributed by atoms with E-state index in [0.29, 0.717) is 19.1 Å². The molecule has 214 valence electrons. The van der Waals surface area contributed by atoms with E-state index in [4.69, 9.17) is 4.74 Å². The summed E-state index contributed by atoms with van der Waals surface area (Å²) < 4.78 is 5.94. The van der Waals surface area contributed by atoms with Crippen molar-refractivity contribution in [3.63, 3.8) is 0 Å². The average Bonchev–Trinajstić information content (AvgIpc) is 3.14. The first-order valence-electron chi connectivity index (χ1n) is 14.7. The van der Waals surface area contributed by atoms with Crippen molar-refractivity contribution in [2.75, 3.05) is 18.0 Å². The lowest BCUT2D eigenvalue weighted by atomic mass is 10.1. The van der Waals surface area contributed by atoms with Crippen LogP contribution in [0.3, 0.4) is 0 Å². The highest BCUT2D eigenvalue weighted by Crippen LogP contribution is 2.32. The van der Waals surface area contributed by atoms with Crippen LogP contribution < -0.4 is 4.90 Å². The van der Waals surface area contributed by atoms with E-state index in [1.807, 2.05) is 63.3 Å². The standard InChI is InChI=1S/C34H37N3O2.C2H6/c1-4-6-7-11-16-27(3)26-35-34-36(5-2)33(38)32(39-34)25-28-21-23-31(24-22-28)37(30-19-14-10-15-20-30)29-17-12-8-9-13-18-29;1-2/h6-12,14-25,27H,4-5,13,26H2,1-3H3;1-2H3/b7-6-,16-11-,32-25+,35-34?;. The van der Waals surface area contributed by atoms with Crippen LogP contribution in [0, 0.1) is 5.92 Å². The molecular weight excluding hydrogens is 506 g/mol. The fraction of sp³-hybridized carbons (Fsp3) is 0.278. The van der Waals surface area contributed by atoms with Gasteiger partial charge in [0.2, 0.25) is 0 Å². The summed E-state index contributed by atoms with van der Waals surface area (Å²) in [6.45, 7) is 11.2. The molecule has 5 heteroatoms. The van der Waals surface area contributed by atoms with Gasteiger partial charge in [-0.15, -0.1) is 0 Å². The number of likely N-dealkylation sites (N-methyl/N-ethyl adjacent to an activating group) is 1. The molecule has 2 aliphatic rings. The number of hydrogen-bond acceptors (Lipinski definition) is 4. The second-order valence-electron chi connectivity index (χ2n) is 9.40. The van der Waals surface area contributed by atoms with Gasteiger partial charge < -0.3 is 9.64 Å². The summed E-state index contributed by atoms with van der Waals surface area (Å²) in [7, 11) is 0. The van der Waals surface area contributed by atoms with Crippen molar-refractivity contribution >= 4 is 29.4 Å². The van der Waals surface area contributed by atoms with E-state index in [-0.39, 0.29) is 17.6 Å². The van der Waals surface area contributed by atoms with Crippen molar-refractivity contribution in [1.82, 2.24) is 4.90 Å². The molecule has 2 aromatic rings. The first kappa shape index (κ1) is 31.2. The number of amidine groups is 1. The Bertz CT molecular complexity index is 1330. The first-order chi connectivity index (χ1) is 20.1. The van der Waals surface area contributed by atoms with Crippen LogP contribution in [0.4, 0.5) is 11.4 Å². The lowest BCUT2D eigenvalue weighted by Crippen LogP contribution is -2.29. The predicted octanol–water partition coefficient (Wildman–Crippen LogP) is 8.99. The molecule has 41 heavy (non-hydrogen) atoms. The Labute approximate surface area is 246 Å². The summed E-state index contributed by atoms with van der Waals surface area (Å²) in [6, 6.07) is 18.8. The van der Waals surface area contributed by atoms with Crippen LogP contribution in [0.25, 0.3) is 6.08 Å². The molecule has 1 heterocycles. The number of hydrogen-bond donors (Lipinski definition) is 0. The van der Waals surface area contributed by atoms with Crippen LogP contribution in [0.15, 0.2) is 126 Å². The van der Waals surface area contributed by atoms with E-state index < -0.39 is 0 Å². The minimum atomic E-state index is -0.165. The zero-order valence-electron chi connectivity index (χ0n) is 25.0. The Morgan fingerprint density at radius 2 is 1.73 bits per heavy atom. The molecule has 0 saturated carbocycles. The Hall–Kier alpha value is -4.38. The summed E-state index contributed by atoms with van der Waals surface area (Å²) in [4.78, 5) is 21.5. The lowest BCUT2D eigenvalue weighted by molar-refractivity contribution is -0.122. The maximum atomic E-state index is 13.0. The van der Waals surface area contributed by atoms with Gasteiger partial charge in [0.1, 0.15) is 0 Å². The maximum absolute atomic E-state index is 13.0. The molecule has 1 saturated heterocycles. The van der Waals surface area contributed by atoms with Gasteiger partial charge in [0.05, 0.1) is 6.54 Å². The summed E-state index contributed by atoms with van der Waals surface area (Å²) in [5.41, 5.74) is 4.11. The van der Waals surface area contributed by atoms with Gasteiger partial charge in [-0.1, -0.05) is 107 Å². The number of nitrogens with zero attached hydrogens (tertiary/aromatic N) is 3. The van der Waals surface area contributed by atoms with Crippen LogP contribution in [-0.4, -0.2) is 29.9 Å². The number of aliphatic imine (C=N–C) groups is 1. The Kier molecular flexibility index (Phi) is 12.7. The SMILES string of the molecule is CC.CC/C=C\C=C/C(C)CN=C1O/C(=C/c2ccc(N(C3=CCC=CC=C3)c3ccccc3)cc2)C(=O)N1CC. The van der Waals surface area contributed by atoms with Crippen molar-refractivity contribution in [3.05, 3.63) is 126 Å².